The molecule has 0 amide bonds. The van der Waals surface area contributed by atoms with Gasteiger partial charge in [0.15, 0.2) is 0 Å². The second-order valence-electron chi connectivity index (χ2n) is 7.87. The topological polar surface area (TPSA) is 75.5 Å². The number of carbonyl (C=O) groups is 1. The molecule has 9 heteroatoms. The summed E-state index contributed by atoms with van der Waals surface area (Å²) in [4.78, 5) is 16.9. The Hall–Kier alpha value is -3.33. The minimum atomic E-state index is -0.709. The van der Waals surface area contributed by atoms with Gasteiger partial charge in [-0.3, -0.25) is 4.68 Å². The fraction of sp³-hybridized carbons (Fsp3) is 0.375. The number of aryl methyl sites for hydroxylation is 2. The van der Waals surface area contributed by atoms with Crippen LogP contribution in [0.15, 0.2) is 24.4 Å². The number of hydrogen-bond acceptors (Lipinski definition) is 6. The van der Waals surface area contributed by atoms with Crippen molar-refractivity contribution in [3.8, 4) is 28.3 Å². The van der Waals surface area contributed by atoms with Crippen LogP contribution in [0.3, 0.4) is 0 Å². The molecule has 0 radical (unpaired) electrons. The molecule has 0 bridgehead atoms. The zero-order valence-corrected chi connectivity index (χ0v) is 18.9. The maximum absolute atomic E-state index is 15.6. The molecule has 3 heterocycles. The molecule has 4 rings (SSSR count). The molecule has 0 unspecified atom stereocenters. The van der Waals surface area contributed by atoms with Gasteiger partial charge in [-0.1, -0.05) is 0 Å². The van der Waals surface area contributed by atoms with Crippen molar-refractivity contribution in [1.82, 2.24) is 14.8 Å². The van der Waals surface area contributed by atoms with Crippen LogP contribution in [0.2, 0.25) is 0 Å². The Balaban J connectivity index is 1.89. The highest BCUT2D eigenvalue weighted by Gasteiger charge is 2.29. The quantitative estimate of drug-likeness (QED) is 0.502. The summed E-state index contributed by atoms with van der Waals surface area (Å²) < 4.78 is 48.5. The molecule has 0 saturated carbocycles. The lowest BCUT2D eigenvalue weighted by molar-refractivity contribution is 0.0527. The van der Waals surface area contributed by atoms with E-state index in [1.54, 1.807) is 26.8 Å². The first-order chi connectivity index (χ1) is 15.8. The Morgan fingerprint density at radius 1 is 1.21 bits per heavy atom. The van der Waals surface area contributed by atoms with Crippen LogP contribution in [0.4, 0.5) is 8.78 Å². The number of halogens is 2. The summed E-state index contributed by atoms with van der Waals surface area (Å²) in [6, 6.07) is 3.75. The zero-order chi connectivity index (χ0) is 23.7. The number of methoxy groups -OCH3 is 1. The largest absolute Gasteiger partial charge is 0.481 e. The fourth-order valence-electron chi connectivity index (χ4n) is 4.18. The van der Waals surface area contributed by atoms with Gasteiger partial charge in [-0.2, -0.15) is 5.10 Å². The number of aromatic nitrogens is 3. The Morgan fingerprint density at radius 3 is 2.61 bits per heavy atom. The summed E-state index contributed by atoms with van der Waals surface area (Å²) in [5.41, 5.74) is 1.94. The highest BCUT2D eigenvalue weighted by Crippen LogP contribution is 2.39. The molecule has 1 aromatic carbocycles. The van der Waals surface area contributed by atoms with E-state index in [1.165, 1.54) is 18.0 Å². The van der Waals surface area contributed by atoms with Crippen molar-refractivity contribution < 1.29 is 27.8 Å². The van der Waals surface area contributed by atoms with Gasteiger partial charge in [0.25, 0.3) is 0 Å². The number of esters is 1. The third-order valence-electron chi connectivity index (χ3n) is 5.63. The summed E-state index contributed by atoms with van der Waals surface area (Å²) in [5.74, 6) is -1.83. The first kappa shape index (κ1) is 22.8. The van der Waals surface area contributed by atoms with Crippen molar-refractivity contribution in [2.24, 2.45) is 0 Å². The molecule has 7 nitrogen and oxygen atoms in total. The Morgan fingerprint density at radius 2 is 1.94 bits per heavy atom. The molecule has 33 heavy (non-hydrogen) atoms. The van der Waals surface area contributed by atoms with Crippen LogP contribution in [0.25, 0.3) is 22.4 Å². The molecule has 0 N–H and O–H groups in total. The van der Waals surface area contributed by atoms with Crippen LogP contribution in [-0.2, 0) is 9.47 Å². The van der Waals surface area contributed by atoms with E-state index in [0.717, 1.165) is 12.1 Å². The molecular weight excluding hydrogens is 432 g/mol. The van der Waals surface area contributed by atoms with Crippen LogP contribution in [0.1, 0.15) is 41.0 Å². The maximum Gasteiger partial charge on any atom is 0.341 e. The maximum atomic E-state index is 15.6. The molecule has 1 saturated heterocycles. The summed E-state index contributed by atoms with van der Waals surface area (Å²) in [6.45, 7) is 6.28. The second kappa shape index (κ2) is 9.27. The number of rotatable bonds is 6. The molecule has 2 aromatic heterocycles. The number of benzene rings is 1. The number of hydrogen-bond donors (Lipinski definition) is 0. The zero-order valence-electron chi connectivity index (χ0n) is 18.9. The summed E-state index contributed by atoms with van der Waals surface area (Å²) in [6.07, 6.45) is 1.97. The minimum absolute atomic E-state index is 0.0195. The number of carbonyl (C=O) groups excluding carboxylic acids is 1. The van der Waals surface area contributed by atoms with Gasteiger partial charge in [0.05, 0.1) is 38.3 Å². The summed E-state index contributed by atoms with van der Waals surface area (Å²) in [5, 5.41) is 4.30. The molecule has 174 valence electrons. The normalized spacial score (nSPS) is 15.6. The molecule has 1 aliphatic heterocycles. The Labute approximate surface area is 190 Å². The lowest BCUT2D eigenvalue weighted by Gasteiger charge is -2.17. The molecule has 1 fully saturated rings. The highest BCUT2D eigenvalue weighted by molar-refractivity contribution is 5.96. The molecule has 1 aliphatic rings. The van der Waals surface area contributed by atoms with Crippen molar-refractivity contribution in [2.45, 2.75) is 33.2 Å². The van der Waals surface area contributed by atoms with Gasteiger partial charge in [-0.25, -0.2) is 18.6 Å². The van der Waals surface area contributed by atoms with Crippen LogP contribution in [0, 0.1) is 25.5 Å². The van der Waals surface area contributed by atoms with Gasteiger partial charge in [0, 0.05) is 29.0 Å². The monoisotopic (exact) mass is 457 g/mol. The van der Waals surface area contributed by atoms with Crippen molar-refractivity contribution in [1.29, 1.82) is 0 Å². The van der Waals surface area contributed by atoms with E-state index in [-0.39, 0.29) is 40.9 Å². The lowest BCUT2D eigenvalue weighted by Crippen LogP contribution is -2.14. The smallest absolute Gasteiger partial charge is 0.341 e. The molecule has 0 aliphatic carbocycles. The second-order valence-corrected chi connectivity index (χ2v) is 7.87. The van der Waals surface area contributed by atoms with Gasteiger partial charge in [0.2, 0.25) is 5.88 Å². The molecule has 3 aromatic rings. The van der Waals surface area contributed by atoms with E-state index in [9.17, 15) is 4.79 Å². The predicted molar refractivity (Wildman–Crippen MR) is 117 cm³/mol. The average Bonchev–Trinajstić information content (AvgIpc) is 3.44. The van der Waals surface area contributed by atoms with Crippen LogP contribution in [-0.4, -0.2) is 47.7 Å². The predicted octanol–water partition coefficient (Wildman–Crippen LogP) is 4.65. The molecule has 1 atom stereocenters. The average molecular weight is 457 g/mol. The van der Waals surface area contributed by atoms with E-state index in [4.69, 9.17) is 14.2 Å². The van der Waals surface area contributed by atoms with Crippen molar-refractivity contribution in [3.63, 3.8) is 0 Å². The molecular formula is C24H25F2N3O4. The lowest BCUT2D eigenvalue weighted by atomic mass is 9.97. The minimum Gasteiger partial charge on any atom is -0.481 e. The number of ether oxygens (including phenoxy) is 3. The fourth-order valence-corrected chi connectivity index (χ4v) is 4.18. The first-order valence-electron chi connectivity index (χ1n) is 10.7. The third-order valence-corrected chi connectivity index (χ3v) is 5.63. The van der Waals surface area contributed by atoms with Gasteiger partial charge in [-0.05, 0) is 51.0 Å². The number of nitrogens with zero attached hydrogens (tertiary/aromatic N) is 3. The van der Waals surface area contributed by atoms with E-state index in [0.29, 0.717) is 36.5 Å². The Bertz CT molecular complexity index is 1200. The number of pyridine rings is 1. The summed E-state index contributed by atoms with van der Waals surface area (Å²) >= 11 is 0. The molecule has 0 spiro atoms. The van der Waals surface area contributed by atoms with Crippen LogP contribution >= 0.6 is 0 Å². The third kappa shape index (κ3) is 4.20. The summed E-state index contributed by atoms with van der Waals surface area (Å²) in [7, 11) is 1.43. The van der Waals surface area contributed by atoms with Gasteiger partial charge >= 0.3 is 5.97 Å². The van der Waals surface area contributed by atoms with Gasteiger partial charge in [-0.15, -0.1) is 0 Å². The Kier molecular flexibility index (Phi) is 6.42. The van der Waals surface area contributed by atoms with E-state index in [2.05, 4.69) is 10.1 Å². The van der Waals surface area contributed by atoms with E-state index < -0.39 is 17.6 Å². The van der Waals surface area contributed by atoms with Crippen LogP contribution < -0.4 is 4.74 Å². The van der Waals surface area contributed by atoms with E-state index >= 15 is 8.78 Å². The van der Waals surface area contributed by atoms with Crippen molar-refractivity contribution >= 4 is 5.97 Å². The van der Waals surface area contributed by atoms with Crippen LogP contribution in [0.5, 0.6) is 5.88 Å². The van der Waals surface area contributed by atoms with E-state index in [1.807, 2.05) is 0 Å². The highest BCUT2D eigenvalue weighted by atomic mass is 19.1. The SMILES string of the molecule is CCOC(=O)c1cnn([C@H]2CCOC2)c1-c1cc(F)c(-c2c(C)cc(C)nc2OC)cc1F. The van der Waals surface area contributed by atoms with Gasteiger partial charge < -0.3 is 14.2 Å². The standard InChI is InChI=1S/C24H25F2N3O4/c1-5-33-24(30)18-11-27-29(15-6-7-32-12-15)22(18)17-10-19(25)16(9-20(17)26)21-13(2)8-14(3)28-23(21)31-4/h8-11,15H,5-7,12H2,1-4H3/t15-/m0/s1. The van der Waals surface area contributed by atoms with Crippen molar-refractivity contribution in [2.75, 3.05) is 26.9 Å². The van der Waals surface area contributed by atoms with Gasteiger partial charge in [0.1, 0.15) is 17.2 Å². The van der Waals surface area contributed by atoms with Crippen molar-refractivity contribution in [3.05, 3.63) is 52.9 Å². The first-order valence-corrected chi connectivity index (χ1v) is 10.7.